The van der Waals surface area contributed by atoms with Gasteiger partial charge in [0.05, 0.1) is 6.54 Å². The first kappa shape index (κ1) is 17.6. The highest BCUT2D eigenvalue weighted by atomic mass is 35.5. The summed E-state index contributed by atoms with van der Waals surface area (Å²) < 4.78 is 2.24. The molecule has 0 saturated carbocycles. The zero-order valence-corrected chi connectivity index (χ0v) is 16.4. The smallest absolute Gasteiger partial charge is 0.207 e. The molecule has 0 spiro atoms. The van der Waals surface area contributed by atoms with Crippen molar-refractivity contribution >= 4 is 22.5 Å². The van der Waals surface area contributed by atoms with Gasteiger partial charge in [-0.25, -0.2) is 0 Å². The van der Waals surface area contributed by atoms with Gasteiger partial charge in [0.2, 0.25) is 5.82 Å². The fourth-order valence-corrected chi connectivity index (χ4v) is 3.63. The number of nitrogens with zero attached hydrogens (tertiary/aromatic N) is 5. The number of halogens is 1. The molecule has 0 saturated heterocycles. The van der Waals surface area contributed by atoms with Crippen molar-refractivity contribution in [2.75, 3.05) is 0 Å². The number of tetrazole rings is 1. The van der Waals surface area contributed by atoms with Gasteiger partial charge in [-0.2, -0.15) is 4.80 Å². The van der Waals surface area contributed by atoms with Gasteiger partial charge in [0.15, 0.2) is 0 Å². The van der Waals surface area contributed by atoms with Crippen LogP contribution >= 0.6 is 11.6 Å². The third kappa shape index (κ3) is 3.65. The standard InChI is InChI=1S/C23H18ClN5/c24-19-12-10-18(11-13-19)15-29-26-23(25-27-29)21-16-28(14-17-6-2-1-3-7-17)22-9-5-4-8-20(21)22/h1-13,16H,14-15H2. The Kier molecular flexibility index (Phi) is 4.58. The van der Waals surface area contributed by atoms with E-state index in [2.05, 4.69) is 68.6 Å². The molecule has 5 nitrogen and oxygen atoms in total. The van der Waals surface area contributed by atoms with Crippen molar-refractivity contribution in [3.05, 3.63) is 101 Å². The van der Waals surface area contributed by atoms with Crippen LogP contribution in [-0.2, 0) is 13.1 Å². The van der Waals surface area contributed by atoms with E-state index in [1.165, 1.54) is 5.56 Å². The second-order valence-electron chi connectivity index (χ2n) is 6.94. The van der Waals surface area contributed by atoms with Gasteiger partial charge in [-0.3, -0.25) is 0 Å². The van der Waals surface area contributed by atoms with Crippen LogP contribution in [0.15, 0.2) is 85.1 Å². The van der Waals surface area contributed by atoms with Crippen molar-refractivity contribution in [1.29, 1.82) is 0 Å². The highest BCUT2D eigenvalue weighted by molar-refractivity contribution is 6.30. The monoisotopic (exact) mass is 399 g/mol. The lowest BCUT2D eigenvalue weighted by Gasteiger charge is -2.05. The van der Waals surface area contributed by atoms with Crippen LogP contribution < -0.4 is 0 Å². The number of para-hydroxylation sites is 1. The number of hydrogen-bond acceptors (Lipinski definition) is 3. The molecule has 29 heavy (non-hydrogen) atoms. The highest BCUT2D eigenvalue weighted by Gasteiger charge is 2.15. The minimum atomic E-state index is 0.548. The van der Waals surface area contributed by atoms with Crippen LogP contribution in [0.5, 0.6) is 0 Å². The van der Waals surface area contributed by atoms with E-state index < -0.39 is 0 Å². The Hall–Kier alpha value is -3.44. The highest BCUT2D eigenvalue weighted by Crippen LogP contribution is 2.28. The van der Waals surface area contributed by atoms with Crippen LogP contribution in [-0.4, -0.2) is 24.8 Å². The molecule has 0 N–H and O–H groups in total. The molecule has 0 atom stereocenters. The Morgan fingerprint density at radius 3 is 2.31 bits per heavy atom. The van der Waals surface area contributed by atoms with Crippen molar-refractivity contribution in [2.24, 2.45) is 0 Å². The number of hydrogen-bond donors (Lipinski definition) is 0. The predicted molar refractivity (Wildman–Crippen MR) is 115 cm³/mol. The summed E-state index contributed by atoms with van der Waals surface area (Å²) in [6, 6.07) is 26.4. The van der Waals surface area contributed by atoms with Crippen LogP contribution in [0.4, 0.5) is 0 Å². The molecule has 5 aromatic rings. The minimum Gasteiger partial charge on any atom is -0.342 e. The van der Waals surface area contributed by atoms with Crippen molar-refractivity contribution in [3.63, 3.8) is 0 Å². The second kappa shape index (κ2) is 7.53. The summed E-state index contributed by atoms with van der Waals surface area (Å²) in [4.78, 5) is 1.61. The van der Waals surface area contributed by atoms with Crippen molar-refractivity contribution < 1.29 is 0 Å². The summed E-state index contributed by atoms with van der Waals surface area (Å²) in [7, 11) is 0. The maximum Gasteiger partial charge on any atom is 0.207 e. The van der Waals surface area contributed by atoms with E-state index >= 15 is 0 Å². The lowest BCUT2D eigenvalue weighted by Crippen LogP contribution is -2.03. The predicted octanol–water partition coefficient (Wildman–Crippen LogP) is 5.04. The fourth-order valence-electron chi connectivity index (χ4n) is 3.51. The van der Waals surface area contributed by atoms with Crippen molar-refractivity contribution in [2.45, 2.75) is 13.1 Å². The molecular weight excluding hydrogens is 382 g/mol. The zero-order chi connectivity index (χ0) is 19.6. The first-order chi connectivity index (χ1) is 14.3. The Morgan fingerprint density at radius 2 is 1.48 bits per heavy atom. The first-order valence-electron chi connectivity index (χ1n) is 9.41. The molecule has 0 aliphatic heterocycles. The molecule has 3 aromatic carbocycles. The van der Waals surface area contributed by atoms with Gasteiger partial charge in [0.25, 0.3) is 0 Å². The average Bonchev–Trinajstić information content (AvgIpc) is 3.36. The maximum absolute atomic E-state index is 5.96. The molecule has 0 amide bonds. The van der Waals surface area contributed by atoms with Crippen LogP contribution in [0.25, 0.3) is 22.3 Å². The van der Waals surface area contributed by atoms with Gasteiger partial charge in [-0.05, 0) is 34.5 Å². The SMILES string of the molecule is Clc1ccc(Cn2nnc(-c3cn(Cc4ccccc4)c4ccccc34)n2)cc1. The van der Waals surface area contributed by atoms with E-state index in [4.69, 9.17) is 11.6 Å². The van der Waals surface area contributed by atoms with Gasteiger partial charge in [-0.15, -0.1) is 10.2 Å². The van der Waals surface area contributed by atoms with E-state index in [9.17, 15) is 0 Å². The van der Waals surface area contributed by atoms with E-state index in [-0.39, 0.29) is 0 Å². The molecular formula is C23H18ClN5. The van der Waals surface area contributed by atoms with Crippen LogP contribution in [0.3, 0.4) is 0 Å². The number of aromatic nitrogens is 5. The first-order valence-corrected chi connectivity index (χ1v) is 9.78. The summed E-state index contributed by atoms with van der Waals surface area (Å²) in [5.74, 6) is 0.627. The summed E-state index contributed by atoms with van der Waals surface area (Å²) in [6.07, 6.45) is 2.11. The third-order valence-electron chi connectivity index (χ3n) is 4.92. The minimum absolute atomic E-state index is 0.548. The Labute approximate surface area is 173 Å². The van der Waals surface area contributed by atoms with Crippen LogP contribution in [0.1, 0.15) is 11.1 Å². The summed E-state index contributed by atoms with van der Waals surface area (Å²) in [5, 5.41) is 15.0. The molecule has 5 rings (SSSR count). The Morgan fingerprint density at radius 1 is 0.759 bits per heavy atom. The molecule has 2 aromatic heterocycles. The second-order valence-corrected chi connectivity index (χ2v) is 7.38. The summed E-state index contributed by atoms with van der Waals surface area (Å²) >= 11 is 5.96. The summed E-state index contributed by atoms with van der Waals surface area (Å²) in [5.41, 5.74) is 4.46. The van der Waals surface area contributed by atoms with E-state index in [0.29, 0.717) is 17.4 Å². The fraction of sp³-hybridized carbons (Fsp3) is 0.0870. The molecule has 0 bridgehead atoms. The molecule has 0 fully saturated rings. The number of benzene rings is 3. The molecule has 0 aliphatic rings. The summed E-state index contributed by atoms with van der Waals surface area (Å²) in [6.45, 7) is 1.34. The van der Waals surface area contributed by atoms with Gasteiger partial charge < -0.3 is 4.57 Å². The lowest BCUT2D eigenvalue weighted by atomic mass is 10.2. The van der Waals surface area contributed by atoms with Gasteiger partial charge in [0.1, 0.15) is 0 Å². The Bertz CT molecular complexity index is 1260. The van der Waals surface area contributed by atoms with Gasteiger partial charge >= 0.3 is 0 Å². The number of fused-ring (bicyclic) bond motifs is 1. The molecule has 0 radical (unpaired) electrons. The zero-order valence-electron chi connectivity index (χ0n) is 15.6. The van der Waals surface area contributed by atoms with Gasteiger partial charge in [-0.1, -0.05) is 72.3 Å². The molecule has 142 valence electrons. The van der Waals surface area contributed by atoms with Crippen LogP contribution in [0, 0.1) is 0 Å². The van der Waals surface area contributed by atoms with Gasteiger partial charge in [0, 0.05) is 34.2 Å². The topological polar surface area (TPSA) is 48.5 Å². The van der Waals surface area contributed by atoms with E-state index in [1.807, 2.05) is 36.4 Å². The number of rotatable bonds is 5. The lowest BCUT2D eigenvalue weighted by molar-refractivity contribution is 0.573. The van der Waals surface area contributed by atoms with Crippen molar-refractivity contribution in [3.8, 4) is 11.4 Å². The average molecular weight is 400 g/mol. The molecule has 6 heteroatoms. The normalized spacial score (nSPS) is 11.2. The van der Waals surface area contributed by atoms with E-state index in [0.717, 1.165) is 28.6 Å². The van der Waals surface area contributed by atoms with E-state index in [1.54, 1.807) is 4.80 Å². The molecule has 0 unspecified atom stereocenters. The maximum atomic E-state index is 5.96. The Balaban J connectivity index is 1.49. The molecule has 0 aliphatic carbocycles. The largest absolute Gasteiger partial charge is 0.342 e. The third-order valence-corrected chi connectivity index (χ3v) is 5.17. The molecule has 2 heterocycles. The van der Waals surface area contributed by atoms with Crippen molar-refractivity contribution in [1.82, 2.24) is 24.8 Å². The quantitative estimate of drug-likeness (QED) is 0.415. The van der Waals surface area contributed by atoms with Crippen LogP contribution in [0.2, 0.25) is 5.02 Å².